The van der Waals surface area contributed by atoms with Gasteiger partial charge in [-0.3, -0.25) is 9.69 Å². The third kappa shape index (κ3) is 3.50. The van der Waals surface area contributed by atoms with Gasteiger partial charge in [-0.2, -0.15) is 0 Å². The minimum atomic E-state index is -0.0238. The zero-order valence-electron chi connectivity index (χ0n) is 17.4. The molecule has 0 atom stereocenters. The number of carbonyl (C=O) groups is 1. The number of benzene rings is 2. The maximum atomic E-state index is 12.4. The van der Waals surface area contributed by atoms with Gasteiger partial charge >= 0.3 is 0 Å². The number of aryl methyl sites for hydroxylation is 1. The van der Waals surface area contributed by atoms with Gasteiger partial charge in [-0.05, 0) is 49.6 Å². The molecule has 2 N–H and O–H groups in total. The number of nitrogens with zero attached hydrogens (tertiary/aromatic N) is 2. The number of H-pyrrole nitrogens is 1. The molecular weight excluding hydrogens is 372 g/mol. The summed E-state index contributed by atoms with van der Waals surface area (Å²) in [7, 11) is 2.18. The van der Waals surface area contributed by atoms with Gasteiger partial charge in [0.1, 0.15) is 5.69 Å². The molecule has 0 unspecified atom stereocenters. The predicted octanol–water partition coefficient (Wildman–Crippen LogP) is 4.23. The average Bonchev–Trinajstić information content (AvgIpc) is 3.33. The Morgan fingerprint density at radius 3 is 2.83 bits per heavy atom. The summed E-state index contributed by atoms with van der Waals surface area (Å²) in [6, 6.07) is 18.6. The molecule has 5 nitrogen and oxygen atoms in total. The molecule has 5 heteroatoms. The molecule has 5 rings (SSSR count). The van der Waals surface area contributed by atoms with E-state index in [2.05, 4.69) is 51.1 Å². The van der Waals surface area contributed by atoms with Gasteiger partial charge in [0.15, 0.2) is 0 Å². The van der Waals surface area contributed by atoms with Crippen LogP contribution in [0.5, 0.6) is 0 Å². The Labute approximate surface area is 176 Å². The lowest BCUT2D eigenvalue weighted by atomic mass is 10.0. The third-order valence-corrected chi connectivity index (χ3v) is 6.36. The van der Waals surface area contributed by atoms with Crippen LogP contribution in [0.4, 0.5) is 0 Å². The molecule has 3 heterocycles. The number of rotatable bonds is 6. The molecule has 1 aliphatic heterocycles. The Morgan fingerprint density at radius 2 is 1.93 bits per heavy atom. The Kier molecular flexibility index (Phi) is 5.05. The number of hydrogen-bond acceptors (Lipinski definition) is 2. The highest BCUT2D eigenvalue weighted by Crippen LogP contribution is 2.29. The molecule has 0 bridgehead atoms. The molecule has 0 radical (unpaired) electrons. The Morgan fingerprint density at radius 1 is 1.10 bits per heavy atom. The van der Waals surface area contributed by atoms with Crippen molar-refractivity contribution in [2.24, 2.45) is 7.05 Å². The summed E-state index contributed by atoms with van der Waals surface area (Å²) in [6.45, 7) is 3.91. The number of aromatic amines is 1. The number of carbonyl (C=O) groups excluding carboxylic acids is 1. The smallest absolute Gasteiger partial charge is 0.267 e. The number of nitrogens with one attached hydrogen (secondary N) is 2. The summed E-state index contributed by atoms with van der Waals surface area (Å²) in [4.78, 5) is 18.1. The Bertz CT molecular complexity index is 1170. The molecule has 1 aliphatic rings. The second-order valence-electron chi connectivity index (χ2n) is 8.26. The highest BCUT2D eigenvalue weighted by Gasteiger charge is 2.22. The topological polar surface area (TPSA) is 53.1 Å². The summed E-state index contributed by atoms with van der Waals surface area (Å²) in [6.07, 6.45) is 3.20. The molecule has 0 saturated carbocycles. The highest BCUT2D eigenvalue weighted by atomic mass is 16.1. The normalized spacial score (nSPS) is 14.3. The zero-order chi connectivity index (χ0) is 20.5. The van der Waals surface area contributed by atoms with E-state index in [0.29, 0.717) is 12.2 Å². The summed E-state index contributed by atoms with van der Waals surface area (Å²) in [5.41, 5.74) is 5.95. The van der Waals surface area contributed by atoms with Gasteiger partial charge in [-0.25, -0.2) is 0 Å². The number of unbranched alkanes of at least 4 members (excludes halogenated alkanes) is 1. The molecule has 2 aromatic carbocycles. The summed E-state index contributed by atoms with van der Waals surface area (Å²) in [5.74, 6) is -0.0238. The highest BCUT2D eigenvalue weighted by molar-refractivity contribution is 5.97. The molecule has 2 aromatic heterocycles. The van der Waals surface area contributed by atoms with Crippen LogP contribution in [0.2, 0.25) is 0 Å². The van der Waals surface area contributed by atoms with Crippen LogP contribution >= 0.6 is 0 Å². The fraction of sp³-hybridized carbons (Fsp3) is 0.320. The van der Waals surface area contributed by atoms with Crippen LogP contribution in [-0.4, -0.2) is 40.0 Å². The first-order valence-electron chi connectivity index (χ1n) is 10.8. The molecule has 0 aliphatic carbocycles. The summed E-state index contributed by atoms with van der Waals surface area (Å²) >= 11 is 0. The SMILES string of the molecule is Cn1c2c(c3ccccc31)CCN(CCCCNC(=O)c1cc3ccccc3[nH]1)C2. The van der Waals surface area contributed by atoms with Crippen LogP contribution in [0, 0.1) is 0 Å². The number of hydrogen-bond donors (Lipinski definition) is 2. The van der Waals surface area contributed by atoms with E-state index < -0.39 is 0 Å². The van der Waals surface area contributed by atoms with Crippen LogP contribution in [0.3, 0.4) is 0 Å². The Hall–Kier alpha value is -3.05. The van der Waals surface area contributed by atoms with Crippen LogP contribution in [0.15, 0.2) is 54.6 Å². The van der Waals surface area contributed by atoms with Crippen molar-refractivity contribution in [3.05, 3.63) is 71.5 Å². The van der Waals surface area contributed by atoms with Gasteiger partial charge < -0.3 is 14.9 Å². The minimum Gasteiger partial charge on any atom is -0.351 e. The lowest BCUT2D eigenvalue weighted by molar-refractivity contribution is 0.0948. The molecular formula is C25H28N4O. The largest absolute Gasteiger partial charge is 0.351 e. The van der Waals surface area contributed by atoms with Crippen molar-refractivity contribution in [1.29, 1.82) is 0 Å². The number of aromatic nitrogens is 2. The van der Waals surface area contributed by atoms with Crippen LogP contribution in [0.1, 0.15) is 34.6 Å². The fourth-order valence-corrected chi connectivity index (χ4v) is 4.71. The second kappa shape index (κ2) is 8.00. The lowest BCUT2D eigenvalue weighted by Crippen LogP contribution is -2.32. The van der Waals surface area contributed by atoms with E-state index in [-0.39, 0.29) is 5.91 Å². The third-order valence-electron chi connectivity index (χ3n) is 6.36. The lowest BCUT2D eigenvalue weighted by Gasteiger charge is -2.28. The molecule has 154 valence electrons. The van der Waals surface area contributed by atoms with Crippen molar-refractivity contribution in [1.82, 2.24) is 19.8 Å². The first-order chi connectivity index (χ1) is 14.7. The molecule has 0 fully saturated rings. The molecule has 0 spiro atoms. The first-order valence-corrected chi connectivity index (χ1v) is 10.8. The summed E-state index contributed by atoms with van der Waals surface area (Å²) in [5, 5.41) is 5.53. The Balaban J connectivity index is 1.11. The summed E-state index contributed by atoms with van der Waals surface area (Å²) < 4.78 is 2.36. The van der Waals surface area contributed by atoms with Gasteiger partial charge in [-0.15, -0.1) is 0 Å². The van der Waals surface area contributed by atoms with Crippen LogP contribution in [0.25, 0.3) is 21.8 Å². The predicted molar refractivity (Wildman–Crippen MR) is 122 cm³/mol. The zero-order valence-corrected chi connectivity index (χ0v) is 17.4. The minimum absolute atomic E-state index is 0.0238. The van der Waals surface area contributed by atoms with E-state index in [4.69, 9.17) is 0 Å². The molecule has 4 aromatic rings. The van der Waals surface area contributed by atoms with Crippen LogP contribution < -0.4 is 5.32 Å². The van der Waals surface area contributed by atoms with E-state index in [0.717, 1.165) is 49.8 Å². The molecule has 1 amide bonds. The van der Waals surface area contributed by atoms with Gasteiger partial charge in [0, 0.05) is 54.2 Å². The van der Waals surface area contributed by atoms with Gasteiger partial charge in [0.05, 0.1) is 0 Å². The van der Waals surface area contributed by atoms with E-state index in [1.54, 1.807) is 0 Å². The number of amides is 1. The molecule has 30 heavy (non-hydrogen) atoms. The van der Waals surface area contributed by atoms with Crippen molar-refractivity contribution in [3.8, 4) is 0 Å². The van der Waals surface area contributed by atoms with E-state index >= 15 is 0 Å². The van der Waals surface area contributed by atoms with Crippen molar-refractivity contribution in [2.45, 2.75) is 25.8 Å². The number of fused-ring (bicyclic) bond motifs is 4. The van der Waals surface area contributed by atoms with Gasteiger partial charge in [-0.1, -0.05) is 36.4 Å². The number of para-hydroxylation sites is 2. The quantitative estimate of drug-likeness (QED) is 0.476. The molecule has 0 saturated heterocycles. The maximum Gasteiger partial charge on any atom is 0.267 e. The maximum absolute atomic E-state index is 12.4. The van der Waals surface area contributed by atoms with Crippen molar-refractivity contribution in [3.63, 3.8) is 0 Å². The first kappa shape index (κ1) is 18.9. The van der Waals surface area contributed by atoms with Crippen molar-refractivity contribution in [2.75, 3.05) is 19.6 Å². The van der Waals surface area contributed by atoms with E-state index in [1.807, 2.05) is 30.3 Å². The van der Waals surface area contributed by atoms with Crippen molar-refractivity contribution >= 4 is 27.7 Å². The van der Waals surface area contributed by atoms with E-state index in [9.17, 15) is 4.79 Å². The van der Waals surface area contributed by atoms with Gasteiger partial charge in [0.25, 0.3) is 5.91 Å². The fourth-order valence-electron chi connectivity index (χ4n) is 4.71. The monoisotopic (exact) mass is 400 g/mol. The second-order valence-corrected chi connectivity index (χ2v) is 8.26. The van der Waals surface area contributed by atoms with E-state index in [1.165, 1.54) is 22.2 Å². The standard InChI is InChI=1S/C25H28N4O/c1-28-23-11-5-3-9-19(23)20-12-15-29(17-24(20)28)14-7-6-13-26-25(30)22-16-18-8-2-4-10-21(18)27-22/h2-5,8-11,16,27H,6-7,12-15,17H2,1H3,(H,26,30). The van der Waals surface area contributed by atoms with Crippen molar-refractivity contribution < 1.29 is 4.79 Å². The average molecular weight is 401 g/mol. The van der Waals surface area contributed by atoms with Gasteiger partial charge in [0.2, 0.25) is 0 Å². The van der Waals surface area contributed by atoms with Crippen LogP contribution in [-0.2, 0) is 20.0 Å².